The monoisotopic (exact) mass is 582 g/mol. The molecular formula is C28H26N2O8S2. The minimum Gasteiger partial charge on any atom is -0.493 e. The van der Waals surface area contributed by atoms with Crippen molar-refractivity contribution in [2.45, 2.75) is 18.7 Å². The van der Waals surface area contributed by atoms with Gasteiger partial charge in [-0.2, -0.15) is 8.42 Å². The topological polar surface area (TPSA) is 128 Å². The first-order valence-corrected chi connectivity index (χ1v) is 14.2. The zero-order valence-electron chi connectivity index (χ0n) is 21.9. The third-order valence-electron chi connectivity index (χ3n) is 5.63. The van der Waals surface area contributed by atoms with Gasteiger partial charge in [0.05, 0.1) is 18.6 Å². The average Bonchev–Trinajstić information content (AvgIpc) is 3.17. The largest absolute Gasteiger partial charge is 0.493 e. The van der Waals surface area contributed by atoms with Crippen LogP contribution < -0.4 is 19.0 Å². The summed E-state index contributed by atoms with van der Waals surface area (Å²) in [6.45, 7) is 3.51. The minimum absolute atomic E-state index is 0.0752. The van der Waals surface area contributed by atoms with Crippen LogP contribution in [0.1, 0.15) is 18.1 Å². The summed E-state index contributed by atoms with van der Waals surface area (Å²) in [6.07, 6.45) is 1.48. The Kier molecular flexibility index (Phi) is 8.80. The fourth-order valence-electron chi connectivity index (χ4n) is 3.66. The molecule has 12 heteroatoms. The number of aryl methyl sites for hydroxylation is 1. The van der Waals surface area contributed by atoms with Crippen molar-refractivity contribution in [2.24, 2.45) is 0 Å². The number of ether oxygens (including phenoxy) is 2. The lowest BCUT2D eigenvalue weighted by Crippen LogP contribution is -2.32. The van der Waals surface area contributed by atoms with Crippen molar-refractivity contribution in [1.82, 2.24) is 4.90 Å². The van der Waals surface area contributed by atoms with Gasteiger partial charge in [0.15, 0.2) is 11.5 Å². The average molecular weight is 583 g/mol. The van der Waals surface area contributed by atoms with Gasteiger partial charge in [0.1, 0.15) is 17.3 Å². The Morgan fingerprint density at radius 1 is 1.00 bits per heavy atom. The van der Waals surface area contributed by atoms with Crippen molar-refractivity contribution in [3.05, 3.63) is 82.8 Å². The molecule has 1 aliphatic rings. The van der Waals surface area contributed by atoms with Crippen LogP contribution in [0.25, 0.3) is 6.08 Å². The summed E-state index contributed by atoms with van der Waals surface area (Å²) in [5.74, 6) is -0.0862. The maximum absolute atomic E-state index is 12.9. The molecule has 1 heterocycles. The lowest BCUT2D eigenvalue weighted by molar-refractivity contribution is -0.123. The maximum Gasteiger partial charge on any atom is 0.339 e. The Labute approximate surface area is 236 Å². The van der Waals surface area contributed by atoms with E-state index in [1.165, 1.54) is 56.5 Å². The van der Waals surface area contributed by atoms with E-state index in [-0.39, 0.29) is 40.4 Å². The summed E-state index contributed by atoms with van der Waals surface area (Å²) in [7, 11) is -2.90. The smallest absolute Gasteiger partial charge is 0.339 e. The highest BCUT2D eigenvalue weighted by atomic mass is 32.2. The number of hydrogen-bond acceptors (Lipinski definition) is 9. The van der Waals surface area contributed by atoms with Gasteiger partial charge in [-0.25, -0.2) is 0 Å². The molecule has 10 nitrogen and oxygen atoms in total. The van der Waals surface area contributed by atoms with Crippen LogP contribution in [-0.2, 0) is 19.7 Å². The van der Waals surface area contributed by atoms with Crippen molar-refractivity contribution in [3.8, 4) is 17.2 Å². The molecule has 40 heavy (non-hydrogen) atoms. The first-order chi connectivity index (χ1) is 19.1. The Bertz CT molecular complexity index is 1570. The zero-order valence-corrected chi connectivity index (χ0v) is 23.5. The fourth-order valence-corrected chi connectivity index (χ4v) is 5.45. The quantitative estimate of drug-likeness (QED) is 0.264. The third-order valence-corrected chi connectivity index (χ3v) is 7.78. The molecule has 0 aliphatic carbocycles. The SMILES string of the molecule is COc1ccc(/C=C2\SC(=O)N(CCOc3ccc(C)cc3)C2=O)cc1OS(=O)(=O)c1ccc(NC(C)=O)cc1. The molecule has 0 aromatic heterocycles. The van der Waals surface area contributed by atoms with Crippen molar-refractivity contribution in [1.29, 1.82) is 0 Å². The standard InChI is InChI=1S/C28H26N2O8S2/c1-18-4-9-22(10-5-18)37-15-14-30-27(32)26(39-28(30)33)17-20-6-13-24(36-3)25(16-20)38-40(34,35)23-11-7-21(8-12-23)29-19(2)31/h4-13,16-17H,14-15H2,1-3H3,(H,29,31)/b26-17-. The Morgan fingerprint density at radius 2 is 1.70 bits per heavy atom. The molecule has 1 saturated heterocycles. The second-order valence-electron chi connectivity index (χ2n) is 8.65. The minimum atomic E-state index is -4.26. The van der Waals surface area contributed by atoms with Crippen molar-refractivity contribution in [2.75, 3.05) is 25.6 Å². The highest BCUT2D eigenvalue weighted by Crippen LogP contribution is 2.35. The van der Waals surface area contributed by atoms with Crippen molar-refractivity contribution < 1.29 is 36.5 Å². The molecule has 0 unspecified atom stereocenters. The number of amides is 3. The number of benzene rings is 3. The number of methoxy groups -OCH3 is 1. The molecule has 3 aromatic carbocycles. The molecule has 0 spiro atoms. The summed E-state index contributed by atoms with van der Waals surface area (Å²) in [6, 6.07) is 17.4. The summed E-state index contributed by atoms with van der Waals surface area (Å²) in [5.41, 5.74) is 1.94. The highest BCUT2D eigenvalue weighted by Gasteiger charge is 2.35. The lowest BCUT2D eigenvalue weighted by Gasteiger charge is -2.13. The second-order valence-corrected chi connectivity index (χ2v) is 11.2. The van der Waals surface area contributed by atoms with Crippen LogP contribution in [0.2, 0.25) is 0 Å². The number of nitrogens with zero attached hydrogens (tertiary/aromatic N) is 1. The number of carbonyl (C=O) groups is 3. The number of rotatable bonds is 10. The van der Waals surface area contributed by atoms with Gasteiger partial charge in [0.25, 0.3) is 11.1 Å². The van der Waals surface area contributed by atoms with E-state index >= 15 is 0 Å². The van der Waals surface area contributed by atoms with Gasteiger partial charge in [-0.3, -0.25) is 19.3 Å². The molecule has 3 aromatic rings. The van der Waals surface area contributed by atoms with Gasteiger partial charge >= 0.3 is 10.1 Å². The van der Waals surface area contributed by atoms with Gasteiger partial charge < -0.3 is 19.0 Å². The van der Waals surface area contributed by atoms with E-state index in [4.69, 9.17) is 13.7 Å². The zero-order chi connectivity index (χ0) is 28.9. The predicted octanol–water partition coefficient (Wildman–Crippen LogP) is 4.85. The summed E-state index contributed by atoms with van der Waals surface area (Å²) in [5, 5.41) is 2.13. The molecule has 208 valence electrons. The van der Waals surface area contributed by atoms with Gasteiger partial charge in [-0.15, -0.1) is 0 Å². The van der Waals surface area contributed by atoms with Crippen LogP contribution in [0.15, 0.2) is 76.5 Å². The first kappa shape index (κ1) is 28.7. The molecule has 0 saturated carbocycles. The van der Waals surface area contributed by atoms with E-state index in [0.717, 1.165) is 22.2 Å². The Hall–Kier alpha value is -4.29. The molecule has 1 aliphatic heterocycles. The number of thioether (sulfide) groups is 1. The molecule has 0 radical (unpaired) electrons. The van der Waals surface area contributed by atoms with E-state index in [1.807, 2.05) is 31.2 Å². The fraction of sp³-hybridized carbons (Fsp3) is 0.179. The number of imide groups is 1. The van der Waals surface area contributed by atoms with Crippen LogP contribution in [-0.4, -0.2) is 50.6 Å². The van der Waals surface area contributed by atoms with Crippen molar-refractivity contribution in [3.63, 3.8) is 0 Å². The summed E-state index contributed by atoms with van der Waals surface area (Å²) in [4.78, 5) is 37.7. The molecule has 3 amide bonds. The summed E-state index contributed by atoms with van der Waals surface area (Å²) >= 11 is 0.779. The normalized spacial score (nSPS) is 14.4. The lowest BCUT2D eigenvalue weighted by atomic mass is 10.2. The number of nitrogens with one attached hydrogen (secondary N) is 1. The van der Waals surface area contributed by atoms with Crippen LogP contribution in [0.4, 0.5) is 10.5 Å². The van der Waals surface area contributed by atoms with Gasteiger partial charge in [-0.05, 0) is 78.9 Å². The molecular weight excluding hydrogens is 556 g/mol. The van der Waals surface area contributed by atoms with Crippen molar-refractivity contribution >= 4 is 50.7 Å². The highest BCUT2D eigenvalue weighted by molar-refractivity contribution is 8.18. The Morgan fingerprint density at radius 3 is 2.35 bits per heavy atom. The second kappa shape index (κ2) is 12.3. The maximum atomic E-state index is 12.9. The Balaban J connectivity index is 1.47. The molecule has 1 fully saturated rings. The van der Waals surface area contributed by atoms with E-state index in [1.54, 1.807) is 6.07 Å². The molecule has 0 bridgehead atoms. The van der Waals surface area contributed by atoms with Crippen LogP contribution >= 0.6 is 11.8 Å². The third kappa shape index (κ3) is 7.01. The van der Waals surface area contributed by atoms with Gasteiger partial charge in [0.2, 0.25) is 5.91 Å². The van der Waals surface area contributed by atoms with E-state index < -0.39 is 21.3 Å². The predicted molar refractivity (Wildman–Crippen MR) is 151 cm³/mol. The number of carbonyl (C=O) groups excluding carboxylic acids is 3. The molecule has 4 rings (SSSR count). The van der Waals surface area contributed by atoms with Crippen LogP contribution in [0, 0.1) is 6.92 Å². The van der Waals surface area contributed by atoms with Crippen LogP contribution in [0.3, 0.4) is 0 Å². The first-order valence-electron chi connectivity index (χ1n) is 12.0. The van der Waals surface area contributed by atoms with E-state index in [9.17, 15) is 22.8 Å². The van der Waals surface area contributed by atoms with Gasteiger partial charge in [0, 0.05) is 12.6 Å². The van der Waals surface area contributed by atoms with E-state index in [2.05, 4.69) is 5.32 Å². The van der Waals surface area contributed by atoms with Gasteiger partial charge in [-0.1, -0.05) is 23.8 Å². The number of hydrogen-bond donors (Lipinski definition) is 1. The van der Waals surface area contributed by atoms with E-state index in [0.29, 0.717) is 17.0 Å². The molecule has 1 N–H and O–H groups in total. The van der Waals surface area contributed by atoms with Crippen LogP contribution in [0.5, 0.6) is 17.2 Å². The molecule has 0 atom stereocenters. The summed E-state index contributed by atoms with van der Waals surface area (Å²) < 4.78 is 42.1. The number of anilines is 1.